The van der Waals surface area contributed by atoms with E-state index in [-0.39, 0.29) is 6.04 Å². The summed E-state index contributed by atoms with van der Waals surface area (Å²) in [5, 5.41) is 3.28. The molecule has 1 atom stereocenters. The molecule has 1 aliphatic rings. The SMILES string of the molecule is O=Cc1ccnc([C@@H]2COCCN2)c1. The smallest absolute Gasteiger partial charge is 0.150 e. The van der Waals surface area contributed by atoms with Crippen LogP contribution in [0.5, 0.6) is 0 Å². The topological polar surface area (TPSA) is 51.2 Å². The highest BCUT2D eigenvalue weighted by atomic mass is 16.5. The highest BCUT2D eigenvalue weighted by Gasteiger charge is 2.16. The fraction of sp³-hybridized carbons (Fsp3) is 0.400. The molecule has 2 heterocycles. The third kappa shape index (κ3) is 1.97. The highest BCUT2D eigenvalue weighted by Crippen LogP contribution is 2.13. The number of rotatable bonds is 2. The van der Waals surface area contributed by atoms with Gasteiger partial charge in [0, 0.05) is 18.3 Å². The second-order valence-corrected chi connectivity index (χ2v) is 3.21. The molecular weight excluding hydrogens is 180 g/mol. The van der Waals surface area contributed by atoms with Crippen LogP contribution in [-0.4, -0.2) is 31.0 Å². The van der Waals surface area contributed by atoms with Gasteiger partial charge < -0.3 is 10.1 Å². The van der Waals surface area contributed by atoms with Gasteiger partial charge in [-0.15, -0.1) is 0 Å². The lowest BCUT2D eigenvalue weighted by atomic mass is 10.1. The zero-order valence-corrected chi connectivity index (χ0v) is 7.77. The van der Waals surface area contributed by atoms with Gasteiger partial charge in [-0.25, -0.2) is 0 Å². The first-order chi connectivity index (χ1) is 6.90. The first kappa shape index (κ1) is 9.30. The minimum atomic E-state index is 0.114. The Kier molecular flexibility index (Phi) is 2.86. The lowest BCUT2D eigenvalue weighted by molar-refractivity contribution is 0.0756. The Morgan fingerprint density at radius 1 is 1.64 bits per heavy atom. The normalized spacial score (nSPS) is 21.9. The van der Waals surface area contributed by atoms with E-state index in [9.17, 15) is 4.79 Å². The molecule has 74 valence electrons. The van der Waals surface area contributed by atoms with Crippen molar-refractivity contribution in [2.45, 2.75) is 6.04 Å². The van der Waals surface area contributed by atoms with Crippen LogP contribution < -0.4 is 5.32 Å². The molecule has 14 heavy (non-hydrogen) atoms. The van der Waals surface area contributed by atoms with Crippen LogP contribution in [0.25, 0.3) is 0 Å². The van der Waals surface area contributed by atoms with Crippen LogP contribution in [0.1, 0.15) is 22.1 Å². The number of morpholine rings is 1. The van der Waals surface area contributed by atoms with Crippen LogP contribution in [0, 0.1) is 0 Å². The van der Waals surface area contributed by atoms with E-state index in [0.29, 0.717) is 12.2 Å². The minimum absolute atomic E-state index is 0.114. The van der Waals surface area contributed by atoms with Crippen LogP contribution >= 0.6 is 0 Å². The molecule has 2 rings (SSSR count). The largest absolute Gasteiger partial charge is 0.378 e. The molecule has 0 unspecified atom stereocenters. The fourth-order valence-corrected chi connectivity index (χ4v) is 1.48. The highest BCUT2D eigenvalue weighted by molar-refractivity contribution is 5.74. The Balaban J connectivity index is 2.17. The van der Waals surface area contributed by atoms with Gasteiger partial charge in [-0.2, -0.15) is 0 Å². The van der Waals surface area contributed by atoms with Crippen LogP contribution in [-0.2, 0) is 4.74 Å². The van der Waals surface area contributed by atoms with Gasteiger partial charge in [0.15, 0.2) is 0 Å². The van der Waals surface area contributed by atoms with Gasteiger partial charge in [-0.05, 0) is 12.1 Å². The molecule has 1 aromatic heterocycles. The molecule has 0 amide bonds. The van der Waals surface area contributed by atoms with E-state index in [1.807, 2.05) is 0 Å². The van der Waals surface area contributed by atoms with Crippen LogP contribution in [0.4, 0.5) is 0 Å². The van der Waals surface area contributed by atoms with Crippen molar-refractivity contribution in [1.29, 1.82) is 0 Å². The second-order valence-electron chi connectivity index (χ2n) is 3.21. The Morgan fingerprint density at radius 3 is 3.29 bits per heavy atom. The van der Waals surface area contributed by atoms with Crippen molar-refractivity contribution in [3.8, 4) is 0 Å². The van der Waals surface area contributed by atoms with Gasteiger partial charge in [0.05, 0.1) is 24.9 Å². The molecule has 4 heteroatoms. The van der Waals surface area contributed by atoms with Gasteiger partial charge in [0.25, 0.3) is 0 Å². The van der Waals surface area contributed by atoms with E-state index >= 15 is 0 Å². The van der Waals surface area contributed by atoms with Crippen molar-refractivity contribution in [1.82, 2.24) is 10.3 Å². The molecule has 1 aliphatic heterocycles. The van der Waals surface area contributed by atoms with Crippen LogP contribution in [0.2, 0.25) is 0 Å². The monoisotopic (exact) mass is 192 g/mol. The fourth-order valence-electron chi connectivity index (χ4n) is 1.48. The molecule has 0 aliphatic carbocycles. The number of carbonyl (C=O) groups excluding carboxylic acids is 1. The minimum Gasteiger partial charge on any atom is -0.378 e. The van der Waals surface area contributed by atoms with E-state index in [1.165, 1.54) is 0 Å². The average molecular weight is 192 g/mol. The van der Waals surface area contributed by atoms with E-state index in [0.717, 1.165) is 25.1 Å². The zero-order valence-electron chi connectivity index (χ0n) is 7.77. The van der Waals surface area contributed by atoms with E-state index in [4.69, 9.17) is 4.74 Å². The summed E-state index contributed by atoms with van der Waals surface area (Å²) in [4.78, 5) is 14.8. The molecule has 4 nitrogen and oxygen atoms in total. The van der Waals surface area contributed by atoms with Crippen molar-refractivity contribution >= 4 is 6.29 Å². The van der Waals surface area contributed by atoms with Gasteiger partial charge in [-0.3, -0.25) is 9.78 Å². The molecule has 0 aromatic carbocycles. The number of ether oxygens (including phenoxy) is 1. The third-order valence-electron chi connectivity index (χ3n) is 2.22. The summed E-state index contributed by atoms with van der Waals surface area (Å²) in [7, 11) is 0. The molecular formula is C10H12N2O2. The quantitative estimate of drug-likeness (QED) is 0.695. The summed E-state index contributed by atoms with van der Waals surface area (Å²) in [6.07, 6.45) is 2.48. The first-order valence-electron chi connectivity index (χ1n) is 4.62. The second kappa shape index (κ2) is 4.30. The van der Waals surface area contributed by atoms with E-state index < -0.39 is 0 Å². The van der Waals surface area contributed by atoms with Crippen molar-refractivity contribution in [2.24, 2.45) is 0 Å². The molecule has 1 saturated heterocycles. The molecule has 1 aromatic rings. The Labute approximate surface area is 82.3 Å². The summed E-state index contributed by atoms with van der Waals surface area (Å²) >= 11 is 0. The summed E-state index contributed by atoms with van der Waals surface area (Å²) in [6.45, 7) is 2.19. The predicted molar refractivity (Wildman–Crippen MR) is 51.2 cm³/mol. The number of aromatic nitrogens is 1. The average Bonchev–Trinajstić information content (AvgIpc) is 2.30. The molecule has 0 radical (unpaired) electrons. The summed E-state index contributed by atoms with van der Waals surface area (Å²) in [5.74, 6) is 0. The number of hydrogen-bond donors (Lipinski definition) is 1. The summed E-state index contributed by atoms with van der Waals surface area (Å²) in [5.41, 5.74) is 1.52. The number of aldehydes is 1. The standard InChI is InChI=1S/C10H12N2O2/c13-6-8-1-2-11-9(5-8)10-7-14-4-3-12-10/h1-2,5-6,10,12H,3-4,7H2/t10-/m0/s1. The maximum absolute atomic E-state index is 10.6. The molecule has 0 spiro atoms. The molecule has 0 bridgehead atoms. The van der Waals surface area contributed by atoms with Crippen molar-refractivity contribution in [3.63, 3.8) is 0 Å². The van der Waals surface area contributed by atoms with E-state index in [2.05, 4.69) is 10.3 Å². The Hall–Kier alpha value is -1.26. The number of pyridine rings is 1. The van der Waals surface area contributed by atoms with Gasteiger partial charge in [-0.1, -0.05) is 0 Å². The maximum Gasteiger partial charge on any atom is 0.150 e. The zero-order chi connectivity index (χ0) is 9.80. The van der Waals surface area contributed by atoms with Crippen LogP contribution in [0.15, 0.2) is 18.3 Å². The number of hydrogen-bond acceptors (Lipinski definition) is 4. The van der Waals surface area contributed by atoms with E-state index in [1.54, 1.807) is 18.3 Å². The number of nitrogens with one attached hydrogen (secondary N) is 1. The molecule has 0 saturated carbocycles. The maximum atomic E-state index is 10.6. The first-order valence-corrected chi connectivity index (χ1v) is 4.62. The van der Waals surface area contributed by atoms with Gasteiger partial charge in [0.1, 0.15) is 6.29 Å². The lowest BCUT2D eigenvalue weighted by Crippen LogP contribution is -2.35. The van der Waals surface area contributed by atoms with Crippen molar-refractivity contribution in [2.75, 3.05) is 19.8 Å². The summed E-state index contributed by atoms with van der Waals surface area (Å²) in [6, 6.07) is 3.60. The Bertz CT molecular complexity index is 322. The summed E-state index contributed by atoms with van der Waals surface area (Å²) < 4.78 is 5.32. The molecule has 1 fully saturated rings. The third-order valence-corrected chi connectivity index (χ3v) is 2.22. The van der Waals surface area contributed by atoms with Crippen LogP contribution in [0.3, 0.4) is 0 Å². The number of carbonyl (C=O) groups is 1. The Morgan fingerprint density at radius 2 is 2.57 bits per heavy atom. The van der Waals surface area contributed by atoms with Crippen molar-refractivity contribution < 1.29 is 9.53 Å². The van der Waals surface area contributed by atoms with Gasteiger partial charge >= 0.3 is 0 Å². The van der Waals surface area contributed by atoms with Crippen molar-refractivity contribution in [3.05, 3.63) is 29.6 Å². The number of nitrogens with zero attached hydrogens (tertiary/aromatic N) is 1. The predicted octanol–water partition coefficient (Wildman–Crippen LogP) is 0.555. The lowest BCUT2D eigenvalue weighted by Gasteiger charge is -2.23. The molecule has 1 N–H and O–H groups in total. The van der Waals surface area contributed by atoms with Gasteiger partial charge in [0.2, 0.25) is 0 Å².